The summed E-state index contributed by atoms with van der Waals surface area (Å²) in [6, 6.07) is 5.61. The van der Waals surface area contributed by atoms with E-state index in [1.54, 1.807) is 0 Å². The molecule has 0 amide bonds. The molecule has 0 N–H and O–H groups in total. The number of rotatable bonds is 5. The monoisotopic (exact) mass is 238 g/mol. The summed E-state index contributed by atoms with van der Waals surface area (Å²) >= 11 is 6.06. The number of Topliss-reactive ketones (excluding diaryl/α,β-unsaturated/α-hetero) is 1. The highest BCUT2D eigenvalue weighted by Gasteiger charge is 2.13. The number of ketones is 1. The number of hydrogen-bond acceptors (Lipinski definition) is 1. The summed E-state index contributed by atoms with van der Waals surface area (Å²) in [5, 5.41) is 0.577. The zero-order valence-corrected chi connectivity index (χ0v) is 11.0. The molecule has 0 bridgehead atoms. The van der Waals surface area contributed by atoms with Gasteiger partial charge in [-0.2, -0.15) is 0 Å². The van der Waals surface area contributed by atoms with Crippen LogP contribution in [0.25, 0.3) is 0 Å². The fourth-order valence-electron chi connectivity index (χ4n) is 1.87. The first kappa shape index (κ1) is 13.2. The molecule has 1 atom stereocenters. The molecule has 16 heavy (non-hydrogen) atoms. The van der Waals surface area contributed by atoms with Crippen molar-refractivity contribution in [2.45, 2.75) is 40.0 Å². The average Bonchev–Trinajstić information content (AvgIpc) is 2.17. The van der Waals surface area contributed by atoms with Crippen molar-refractivity contribution in [3.63, 3.8) is 0 Å². The van der Waals surface area contributed by atoms with Crippen molar-refractivity contribution in [3.8, 4) is 0 Å². The number of benzene rings is 1. The van der Waals surface area contributed by atoms with E-state index in [0.717, 1.165) is 18.4 Å². The van der Waals surface area contributed by atoms with Crippen LogP contribution in [-0.2, 0) is 0 Å². The normalized spacial score (nSPS) is 12.5. The molecular weight excluding hydrogens is 220 g/mol. The molecular formula is C14H19ClO. The molecule has 1 nitrogen and oxygen atoms in total. The van der Waals surface area contributed by atoms with Gasteiger partial charge in [0.1, 0.15) is 0 Å². The lowest BCUT2D eigenvalue weighted by atomic mass is 9.96. The summed E-state index contributed by atoms with van der Waals surface area (Å²) in [5.41, 5.74) is 1.75. The maximum absolute atomic E-state index is 12.0. The second-order valence-electron chi connectivity index (χ2n) is 4.50. The lowest BCUT2D eigenvalue weighted by Crippen LogP contribution is -2.06. The molecule has 88 valence electrons. The van der Waals surface area contributed by atoms with Crippen LogP contribution in [0.1, 0.15) is 49.0 Å². The Morgan fingerprint density at radius 3 is 2.69 bits per heavy atom. The zero-order valence-electron chi connectivity index (χ0n) is 10.2. The van der Waals surface area contributed by atoms with E-state index < -0.39 is 0 Å². The third-order valence-corrected chi connectivity index (χ3v) is 3.05. The predicted molar refractivity (Wildman–Crippen MR) is 69.2 cm³/mol. The minimum absolute atomic E-state index is 0.158. The minimum Gasteiger partial charge on any atom is -0.294 e. The molecule has 1 aromatic carbocycles. The summed E-state index contributed by atoms with van der Waals surface area (Å²) < 4.78 is 0. The van der Waals surface area contributed by atoms with E-state index in [0.29, 0.717) is 22.9 Å². The van der Waals surface area contributed by atoms with Gasteiger partial charge in [-0.05, 0) is 30.5 Å². The van der Waals surface area contributed by atoms with Gasteiger partial charge in [0.05, 0.1) is 5.02 Å². The van der Waals surface area contributed by atoms with Crippen LogP contribution in [0.4, 0.5) is 0 Å². The van der Waals surface area contributed by atoms with Crippen molar-refractivity contribution in [1.29, 1.82) is 0 Å². The molecule has 0 radical (unpaired) electrons. The van der Waals surface area contributed by atoms with E-state index in [2.05, 4.69) is 13.8 Å². The number of carbonyl (C=O) groups excluding carboxylic acids is 1. The van der Waals surface area contributed by atoms with E-state index in [9.17, 15) is 4.79 Å². The summed E-state index contributed by atoms with van der Waals surface area (Å²) in [6.45, 7) is 6.23. The van der Waals surface area contributed by atoms with Gasteiger partial charge in [0.2, 0.25) is 0 Å². The van der Waals surface area contributed by atoms with Crippen LogP contribution in [0.15, 0.2) is 18.2 Å². The predicted octanol–water partition coefficient (Wildman–Crippen LogP) is 4.66. The van der Waals surface area contributed by atoms with E-state index >= 15 is 0 Å². The molecule has 0 fully saturated rings. The lowest BCUT2D eigenvalue weighted by Gasteiger charge is -2.10. The van der Waals surface area contributed by atoms with Gasteiger partial charge in [0.25, 0.3) is 0 Å². The molecule has 0 heterocycles. The first-order valence-electron chi connectivity index (χ1n) is 5.84. The smallest absolute Gasteiger partial charge is 0.164 e. The highest BCUT2D eigenvalue weighted by atomic mass is 35.5. The Balaban J connectivity index is 2.73. The Hall–Kier alpha value is -0.820. The summed E-state index contributed by atoms with van der Waals surface area (Å²) in [6.07, 6.45) is 2.81. The van der Waals surface area contributed by atoms with Crippen LogP contribution in [0.2, 0.25) is 5.02 Å². The SMILES string of the molecule is CCCC(C)CC(=O)c1ccc(C)cc1Cl. The van der Waals surface area contributed by atoms with Crippen molar-refractivity contribution in [2.24, 2.45) is 5.92 Å². The Bertz CT molecular complexity index is 371. The summed E-state index contributed by atoms with van der Waals surface area (Å²) in [4.78, 5) is 12.0. The van der Waals surface area contributed by atoms with Crippen LogP contribution < -0.4 is 0 Å². The van der Waals surface area contributed by atoms with Gasteiger partial charge in [0, 0.05) is 12.0 Å². The second-order valence-corrected chi connectivity index (χ2v) is 4.91. The molecule has 2 heteroatoms. The van der Waals surface area contributed by atoms with Crippen LogP contribution >= 0.6 is 11.6 Å². The topological polar surface area (TPSA) is 17.1 Å². The molecule has 1 rings (SSSR count). The Kier molecular flexibility index (Phi) is 5.01. The first-order valence-corrected chi connectivity index (χ1v) is 6.21. The van der Waals surface area contributed by atoms with Crippen molar-refractivity contribution >= 4 is 17.4 Å². The van der Waals surface area contributed by atoms with Gasteiger partial charge in [0.15, 0.2) is 5.78 Å². The van der Waals surface area contributed by atoms with Gasteiger partial charge >= 0.3 is 0 Å². The third-order valence-electron chi connectivity index (χ3n) is 2.74. The second kappa shape index (κ2) is 6.05. The third kappa shape index (κ3) is 3.64. The minimum atomic E-state index is 0.158. The van der Waals surface area contributed by atoms with Crippen molar-refractivity contribution in [3.05, 3.63) is 34.3 Å². The van der Waals surface area contributed by atoms with Crippen LogP contribution in [0, 0.1) is 12.8 Å². The average molecular weight is 239 g/mol. The van der Waals surface area contributed by atoms with E-state index in [-0.39, 0.29) is 5.78 Å². The molecule has 0 aliphatic rings. The zero-order chi connectivity index (χ0) is 12.1. The largest absolute Gasteiger partial charge is 0.294 e. The van der Waals surface area contributed by atoms with Crippen molar-refractivity contribution in [1.82, 2.24) is 0 Å². The van der Waals surface area contributed by atoms with Crippen LogP contribution in [0.3, 0.4) is 0 Å². The summed E-state index contributed by atoms with van der Waals surface area (Å²) in [7, 11) is 0. The number of carbonyl (C=O) groups is 1. The van der Waals surface area contributed by atoms with E-state index in [1.807, 2.05) is 25.1 Å². The van der Waals surface area contributed by atoms with Gasteiger partial charge in [-0.25, -0.2) is 0 Å². The fourth-order valence-corrected chi connectivity index (χ4v) is 2.21. The van der Waals surface area contributed by atoms with Gasteiger partial charge in [-0.1, -0.05) is 44.4 Å². The summed E-state index contributed by atoms with van der Waals surface area (Å²) in [5.74, 6) is 0.598. The quantitative estimate of drug-likeness (QED) is 0.682. The molecule has 0 aliphatic carbocycles. The van der Waals surface area contributed by atoms with Gasteiger partial charge in [-0.15, -0.1) is 0 Å². The van der Waals surface area contributed by atoms with Crippen LogP contribution in [0.5, 0.6) is 0 Å². The molecule has 1 aromatic rings. The van der Waals surface area contributed by atoms with E-state index in [1.165, 1.54) is 0 Å². The number of hydrogen-bond donors (Lipinski definition) is 0. The van der Waals surface area contributed by atoms with Crippen molar-refractivity contribution < 1.29 is 4.79 Å². The van der Waals surface area contributed by atoms with Crippen molar-refractivity contribution in [2.75, 3.05) is 0 Å². The maximum Gasteiger partial charge on any atom is 0.164 e. The van der Waals surface area contributed by atoms with E-state index in [4.69, 9.17) is 11.6 Å². The molecule has 0 saturated carbocycles. The fraction of sp³-hybridized carbons (Fsp3) is 0.500. The van der Waals surface area contributed by atoms with Gasteiger partial charge in [-0.3, -0.25) is 4.79 Å². The maximum atomic E-state index is 12.0. The Morgan fingerprint density at radius 2 is 2.12 bits per heavy atom. The lowest BCUT2D eigenvalue weighted by molar-refractivity contribution is 0.0963. The molecule has 0 aromatic heterocycles. The molecule has 1 unspecified atom stereocenters. The Labute approximate surface area is 103 Å². The Morgan fingerprint density at radius 1 is 1.44 bits per heavy atom. The molecule has 0 spiro atoms. The standard InChI is InChI=1S/C14H19ClO/c1-4-5-10(2)9-14(16)12-7-6-11(3)8-13(12)15/h6-8,10H,4-5,9H2,1-3H3. The highest BCUT2D eigenvalue weighted by Crippen LogP contribution is 2.21. The van der Waals surface area contributed by atoms with Crippen LogP contribution in [-0.4, -0.2) is 5.78 Å². The number of aryl methyl sites for hydroxylation is 1. The molecule has 0 saturated heterocycles. The van der Waals surface area contributed by atoms with Gasteiger partial charge < -0.3 is 0 Å². The number of halogens is 1. The highest BCUT2D eigenvalue weighted by molar-refractivity contribution is 6.34. The first-order chi connectivity index (χ1) is 7.54. The molecule has 0 aliphatic heterocycles.